The number of ether oxygens (including phenoxy) is 1. The Labute approximate surface area is 146 Å². The van der Waals surface area contributed by atoms with Crippen molar-refractivity contribution in [3.05, 3.63) is 77.4 Å². The second-order valence-electron chi connectivity index (χ2n) is 5.44. The Balaban J connectivity index is 1.64. The van der Waals surface area contributed by atoms with Gasteiger partial charge in [0.25, 0.3) is 5.91 Å². The van der Waals surface area contributed by atoms with Crippen LogP contribution in [0.4, 0.5) is 0 Å². The predicted octanol–water partition coefficient (Wildman–Crippen LogP) is 0.630. The number of benzene rings is 1. The number of rotatable bonds is 6. The van der Waals surface area contributed by atoms with Crippen LogP contribution in [0.3, 0.4) is 0 Å². The van der Waals surface area contributed by atoms with Crippen molar-refractivity contribution < 1.29 is 9.53 Å². The van der Waals surface area contributed by atoms with Gasteiger partial charge in [0.05, 0.1) is 0 Å². The van der Waals surface area contributed by atoms with Crippen LogP contribution in [-0.2, 0) is 0 Å². The van der Waals surface area contributed by atoms with E-state index in [0.29, 0.717) is 30.3 Å². The largest absolute Gasteiger partial charge is 0.492 e. The molecule has 0 aliphatic carbocycles. The van der Waals surface area contributed by atoms with Crippen molar-refractivity contribution in [3.8, 4) is 5.75 Å². The molecule has 0 aromatic heterocycles. The van der Waals surface area contributed by atoms with Gasteiger partial charge in [0.1, 0.15) is 18.2 Å². The molecule has 1 aromatic rings. The van der Waals surface area contributed by atoms with E-state index < -0.39 is 0 Å². The monoisotopic (exact) mass is 339 g/mol. The molecule has 130 valence electrons. The van der Waals surface area contributed by atoms with E-state index in [1.54, 1.807) is 24.3 Å². The molecule has 7 nitrogen and oxygen atoms in total. The molecule has 2 aliphatic heterocycles. The van der Waals surface area contributed by atoms with Gasteiger partial charge in [-0.1, -0.05) is 6.08 Å². The highest BCUT2D eigenvalue weighted by molar-refractivity contribution is 5.95. The first-order valence-corrected chi connectivity index (χ1v) is 8.04. The van der Waals surface area contributed by atoms with E-state index in [-0.39, 0.29) is 5.91 Å². The number of amides is 1. The summed E-state index contributed by atoms with van der Waals surface area (Å²) in [5, 5.41) is 5.95. The first-order valence-electron chi connectivity index (χ1n) is 8.04. The second kappa shape index (κ2) is 8.07. The quantitative estimate of drug-likeness (QED) is 0.521. The van der Waals surface area contributed by atoms with Gasteiger partial charge < -0.3 is 26.5 Å². The van der Waals surface area contributed by atoms with Gasteiger partial charge in [0.2, 0.25) is 0 Å². The lowest BCUT2D eigenvalue weighted by atomic mass is 10.0. The average molecular weight is 339 g/mol. The summed E-state index contributed by atoms with van der Waals surface area (Å²) in [6.07, 6.45) is 9.70. The van der Waals surface area contributed by atoms with Crippen LogP contribution in [0.1, 0.15) is 10.4 Å². The predicted molar refractivity (Wildman–Crippen MR) is 96.1 cm³/mol. The highest BCUT2D eigenvalue weighted by Crippen LogP contribution is 2.17. The normalized spacial score (nSPS) is 15.6. The number of nitrogens with one attached hydrogen (secondary N) is 4. The average Bonchev–Trinajstić information content (AvgIpc) is 2.67. The summed E-state index contributed by atoms with van der Waals surface area (Å²) >= 11 is 0. The third-order valence-corrected chi connectivity index (χ3v) is 3.64. The molecule has 0 saturated carbocycles. The highest BCUT2D eigenvalue weighted by atomic mass is 16.5. The fraction of sp³-hybridized carbons (Fsp3) is 0.167. The van der Waals surface area contributed by atoms with Crippen molar-refractivity contribution in [2.24, 2.45) is 5.73 Å². The van der Waals surface area contributed by atoms with Gasteiger partial charge in [0, 0.05) is 30.4 Å². The van der Waals surface area contributed by atoms with Crippen LogP contribution in [0.5, 0.6) is 5.75 Å². The van der Waals surface area contributed by atoms with Gasteiger partial charge >= 0.3 is 0 Å². The minimum atomic E-state index is -0.206. The summed E-state index contributed by atoms with van der Waals surface area (Å²) in [5.41, 5.74) is 13.9. The lowest BCUT2D eigenvalue weighted by Gasteiger charge is -2.20. The molecule has 0 saturated heterocycles. The zero-order chi connectivity index (χ0) is 17.5. The summed E-state index contributed by atoms with van der Waals surface area (Å²) in [5.74, 6) is 1.06. The molecule has 1 aromatic carbocycles. The molecular formula is C18H21N5O2. The summed E-state index contributed by atoms with van der Waals surface area (Å²) in [4.78, 5) is 12.4. The molecule has 0 bridgehead atoms. The Morgan fingerprint density at radius 1 is 1.24 bits per heavy atom. The minimum absolute atomic E-state index is 0.206. The first kappa shape index (κ1) is 16.7. The molecule has 0 unspecified atom stereocenters. The van der Waals surface area contributed by atoms with Gasteiger partial charge in [-0.2, -0.15) is 0 Å². The van der Waals surface area contributed by atoms with Crippen LogP contribution >= 0.6 is 0 Å². The Bertz CT molecular complexity index is 747. The third-order valence-electron chi connectivity index (χ3n) is 3.64. The third kappa shape index (κ3) is 4.42. The maximum atomic E-state index is 12.4. The smallest absolute Gasteiger partial charge is 0.256 e. The Morgan fingerprint density at radius 3 is 2.80 bits per heavy atom. The molecule has 7 heteroatoms. The highest BCUT2D eigenvalue weighted by Gasteiger charge is 2.12. The SMILES string of the molecule is NCCOc1ccc(C(=O)NC2=CC(C3=CCNC=C3)=CNN2)cc1. The van der Waals surface area contributed by atoms with Crippen molar-refractivity contribution in [1.82, 2.24) is 21.5 Å². The molecule has 0 spiro atoms. The van der Waals surface area contributed by atoms with Crippen molar-refractivity contribution in [2.75, 3.05) is 19.7 Å². The van der Waals surface area contributed by atoms with Crippen LogP contribution < -0.4 is 32.0 Å². The fourth-order valence-corrected chi connectivity index (χ4v) is 2.40. The van der Waals surface area contributed by atoms with Gasteiger partial charge in [0.15, 0.2) is 0 Å². The van der Waals surface area contributed by atoms with Crippen molar-refractivity contribution in [3.63, 3.8) is 0 Å². The zero-order valence-electron chi connectivity index (χ0n) is 13.7. The summed E-state index contributed by atoms with van der Waals surface area (Å²) in [7, 11) is 0. The van der Waals surface area contributed by atoms with Gasteiger partial charge in [-0.3, -0.25) is 10.2 Å². The van der Waals surface area contributed by atoms with E-state index in [1.165, 1.54) is 0 Å². The maximum Gasteiger partial charge on any atom is 0.256 e. The van der Waals surface area contributed by atoms with Crippen LogP contribution in [0.2, 0.25) is 0 Å². The molecule has 25 heavy (non-hydrogen) atoms. The first-order chi connectivity index (χ1) is 12.3. The molecule has 3 rings (SSSR count). The van der Waals surface area contributed by atoms with Crippen LogP contribution in [-0.4, -0.2) is 25.6 Å². The summed E-state index contributed by atoms with van der Waals surface area (Å²) < 4.78 is 5.41. The number of hydrogen-bond donors (Lipinski definition) is 5. The number of hydrazine groups is 1. The van der Waals surface area contributed by atoms with Gasteiger partial charge in [-0.25, -0.2) is 0 Å². The summed E-state index contributed by atoms with van der Waals surface area (Å²) in [6.45, 7) is 1.68. The molecule has 0 atom stereocenters. The van der Waals surface area contributed by atoms with Gasteiger partial charge in [-0.15, -0.1) is 0 Å². The Kier molecular flexibility index (Phi) is 5.38. The van der Waals surface area contributed by atoms with E-state index >= 15 is 0 Å². The van der Waals surface area contributed by atoms with E-state index in [4.69, 9.17) is 10.5 Å². The number of allylic oxidation sites excluding steroid dienone is 4. The van der Waals surface area contributed by atoms with Gasteiger partial charge in [-0.05, 0) is 48.2 Å². The number of hydrogen-bond acceptors (Lipinski definition) is 6. The molecule has 2 aliphatic rings. The number of nitrogens with two attached hydrogens (primary N) is 1. The molecule has 6 N–H and O–H groups in total. The molecule has 1 amide bonds. The molecule has 2 heterocycles. The fourth-order valence-electron chi connectivity index (χ4n) is 2.40. The van der Waals surface area contributed by atoms with E-state index in [9.17, 15) is 4.79 Å². The van der Waals surface area contributed by atoms with Crippen molar-refractivity contribution >= 4 is 5.91 Å². The van der Waals surface area contributed by atoms with Crippen LogP contribution in [0.25, 0.3) is 0 Å². The maximum absolute atomic E-state index is 12.4. The van der Waals surface area contributed by atoms with Crippen molar-refractivity contribution in [1.29, 1.82) is 0 Å². The molecule has 0 radical (unpaired) electrons. The lowest BCUT2D eigenvalue weighted by molar-refractivity contribution is 0.0962. The van der Waals surface area contributed by atoms with E-state index in [0.717, 1.165) is 17.7 Å². The number of dihydropyridines is 1. The standard InChI is InChI=1S/C18H21N5O2/c19-7-10-25-16-3-1-14(2-4-16)18(24)22-17-11-15(12-21-23-17)13-5-8-20-9-6-13/h1-6,8,11-12,20-21,23H,7,9-10,19H2,(H,22,24). The lowest BCUT2D eigenvalue weighted by Crippen LogP contribution is -2.39. The van der Waals surface area contributed by atoms with E-state index in [1.807, 2.05) is 24.6 Å². The number of carbonyl (C=O) groups excluding carboxylic acids is 1. The topological polar surface area (TPSA) is 100 Å². The second-order valence-corrected chi connectivity index (χ2v) is 5.44. The summed E-state index contributed by atoms with van der Waals surface area (Å²) in [6, 6.07) is 6.93. The van der Waals surface area contributed by atoms with Crippen LogP contribution in [0, 0.1) is 0 Å². The Morgan fingerprint density at radius 2 is 2.08 bits per heavy atom. The van der Waals surface area contributed by atoms with E-state index in [2.05, 4.69) is 27.6 Å². The van der Waals surface area contributed by atoms with Crippen molar-refractivity contribution in [2.45, 2.75) is 0 Å². The van der Waals surface area contributed by atoms with Crippen LogP contribution in [0.15, 0.2) is 71.9 Å². The molecule has 0 fully saturated rings. The minimum Gasteiger partial charge on any atom is -0.492 e. The zero-order valence-corrected chi connectivity index (χ0v) is 13.7. The number of carbonyl (C=O) groups is 1. The Hall–Kier alpha value is -3.19. The molecular weight excluding hydrogens is 318 g/mol.